The van der Waals surface area contributed by atoms with Gasteiger partial charge in [0.25, 0.3) is 0 Å². The van der Waals surface area contributed by atoms with E-state index in [0.717, 1.165) is 12.3 Å². The van der Waals surface area contributed by atoms with Crippen LogP contribution < -0.4 is 0 Å². The van der Waals surface area contributed by atoms with Gasteiger partial charge in [-0.25, -0.2) is 0 Å². The van der Waals surface area contributed by atoms with Crippen molar-refractivity contribution in [1.82, 2.24) is 0 Å². The monoisotopic (exact) mass is 112 g/mol. The first-order valence-electron chi connectivity index (χ1n) is 3.21. The number of rotatable bonds is 2. The molecule has 0 unspecified atom stereocenters. The van der Waals surface area contributed by atoms with E-state index in [1.54, 1.807) is 0 Å². The molecule has 0 spiro atoms. The fraction of sp³-hybridized carbons (Fsp3) is 0.875. The molecular formula is C8H16. The third kappa shape index (κ3) is 6.00. The molecule has 0 saturated carbocycles. The lowest BCUT2D eigenvalue weighted by atomic mass is 9.86. The molecule has 0 amide bonds. The molecule has 0 bridgehead atoms. The standard InChI is InChI=1S/C8H16/c1-7(2)6-8(3,4)5/h3,7H,6H2,1-2,4-5H3. The third-order valence-electron chi connectivity index (χ3n) is 0.934. The minimum Gasteiger partial charge on any atom is -0.0628 e. The maximum atomic E-state index is 5.74. The van der Waals surface area contributed by atoms with Crippen LogP contribution >= 0.6 is 0 Å². The second kappa shape index (κ2) is 2.52. The molecule has 0 aromatic heterocycles. The maximum absolute atomic E-state index is 5.74. The van der Waals surface area contributed by atoms with E-state index in [9.17, 15) is 0 Å². The molecular weight excluding hydrogens is 96.1 g/mol. The van der Waals surface area contributed by atoms with Crippen molar-refractivity contribution in [2.24, 2.45) is 11.3 Å². The molecule has 0 N–H and O–H groups in total. The van der Waals surface area contributed by atoms with Crippen molar-refractivity contribution in [2.75, 3.05) is 0 Å². The third-order valence-corrected chi connectivity index (χ3v) is 0.934. The Morgan fingerprint density at radius 2 is 1.75 bits per heavy atom. The van der Waals surface area contributed by atoms with E-state index >= 15 is 0 Å². The molecule has 0 aromatic rings. The molecule has 0 saturated heterocycles. The van der Waals surface area contributed by atoms with Crippen LogP contribution in [0.1, 0.15) is 34.1 Å². The van der Waals surface area contributed by atoms with E-state index in [1.165, 1.54) is 0 Å². The molecule has 48 valence electrons. The summed E-state index contributed by atoms with van der Waals surface area (Å²) in [5.74, 6) is 0.718. The molecule has 0 heterocycles. The summed E-state index contributed by atoms with van der Waals surface area (Å²) < 4.78 is 0. The zero-order chi connectivity index (χ0) is 6.78. The van der Waals surface area contributed by atoms with Gasteiger partial charge >= 0.3 is 0 Å². The lowest BCUT2D eigenvalue weighted by Gasteiger charge is -2.19. The Balaban J connectivity index is 3.39. The highest BCUT2D eigenvalue weighted by atomic mass is 14.2. The van der Waals surface area contributed by atoms with E-state index in [0.29, 0.717) is 0 Å². The van der Waals surface area contributed by atoms with Gasteiger partial charge in [0.1, 0.15) is 0 Å². The first-order chi connectivity index (χ1) is 3.42. The quantitative estimate of drug-likeness (QED) is 0.515. The van der Waals surface area contributed by atoms with E-state index in [-0.39, 0.29) is 5.41 Å². The Bertz CT molecular complexity index is 54.9. The van der Waals surface area contributed by atoms with Gasteiger partial charge in [0.15, 0.2) is 0 Å². The molecule has 0 atom stereocenters. The van der Waals surface area contributed by atoms with Crippen LogP contribution in [0, 0.1) is 18.3 Å². The van der Waals surface area contributed by atoms with Gasteiger partial charge in [0.2, 0.25) is 0 Å². The molecule has 0 aliphatic carbocycles. The number of hydrogen-bond donors (Lipinski definition) is 0. The Labute approximate surface area is 53.3 Å². The fourth-order valence-electron chi connectivity index (χ4n) is 1.05. The van der Waals surface area contributed by atoms with Gasteiger partial charge in [-0.3, -0.25) is 0 Å². The van der Waals surface area contributed by atoms with Crippen LogP contribution in [0.15, 0.2) is 0 Å². The predicted molar refractivity (Wildman–Crippen MR) is 37.5 cm³/mol. The summed E-state index contributed by atoms with van der Waals surface area (Å²) in [4.78, 5) is 0. The lowest BCUT2D eigenvalue weighted by Crippen LogP contribution is -2.08. The van der Waals surface area contributed by atoms with E-state index in [1.807, 2.05) is 0 Å². The van der Waals surface area contributed by atoms with Crippen molar-refractivity contribution in [3.63, 3.8) is 0 Å². The Morgan fingerprint density at radius 1 is 1.38 bits per heavy atom. The SMILES string of the molecule is [CH]C(C)(C)CC(C)C. The molecule has 0 aliphatic heterocycles. The average molecular weight is 112 g/mol. The fourth-order valence-corrected chi connectivity index (χ4v) is 1.05. The summed E-state index contributed by atoms with van der Waals surface area (Å²) >= 11 is 0. The van der Waals surface area contributed by atoms with Gasteiger partial charge in [-0.05, 0) is 24.7 Å². The molecule has 0 aliphatic rings. The van der Waals surface area contributed by atoms with Crippen LogP contribution in [-0.4, -0.2) is 0 Å². The molecule has 0 aromatic carbocycles. The molecule has 0 rings (SSSR count). The lowest BCUT2D eigenvalue weighted by molar-refractivity contribution is 0.362. The highest BCUT2D eigenvalue weighted by Gasteiger charge is 2.11. The summed E-state index contributed by atoms with van der Waals surface area (Å²) in [7, 11) is 0. The van der Waals surface area contributed by atoms with E-state index < -0.39 is 0 Å². The van der Waals surface area contributed by atoms with Crippen molar-refractivity contribution in [1.29, 1.82) is 0 Å². The zero-order valence-electron chi connectivity index (χ0n) is 6.36. The normalized spacial score (nSPS) is 12.8. The Morgan fingerprint density at radius 3 is 1.75 bits per heavy atom. The van der Waals surface area contributed by atoms with Gasteiger partial charge in [-0.2, -0.15) is 0 Å². The molecule has 2 radical (unpaired) electrons. The summed E-state index contributed by atoms with van der Waals surface area (Å²) in [5, 5.41) is 0. The first-order valence-corrected chi connectivity index (χ1v) is 3.21. The van der Waals surface area contributed by atoms with E-state index in [4.69, 9.17) is 6.92 Å². The molecule has 0 heteroatoms. The van der Waals surface area contributed by atoms with Gasteiger partial charge in [-0.1, -0.05) is 27.7 Å². The molecule has 0 fully saturated rings. The maximum Gasteiger partial charge on any atom is -0.0290 e. The van der Waals surface area contributed by atoms with Crippen molar-refractivity contribution in [3.8, 4) is 0 Å². The summed E-state index contributed by atoms with van der Waals surface area (Å²) in [5.41, 5.74) is 0.0220. The second-order valence-electron chi connectivity index (χ2n) is 3.59. The predicted octanol–water partition coefficient (Wildman–Crippen LogP) is 2.77. The Kier molecular flexibility index (Phi) is 2.52. The summed E-state index contributed by atoms with van der Waals surface area (Å²) in [6.07, 6.45) is 1.10. The second-order valence-corrected chi connectivity index (χ2v) is 3.59. The van der Waals surface area contributed by atoms with Gasteiger partial charge in [0.05, 0.1) is 0 Å². The average Bonchev–Trinajstić information content (AvgIpc) is 1.21. The zero-order valence-corrected chi connectivity index (χ0v) is 6.36. The molecule has 0 nitrogen and oxygen atoms in total. The number of hydrogen-bond acceptors (Lipinski definition) is 0. The highest BCUT2D eigenvalue weighted by Crippen LogP contribution is 2.22. The highest BCUT2D eigenvalue weighted by molar-refractivity contribution is 4.71. The van der Waals surface area contributed by atoms with Crippen LogP contribution in [0.5, 0.6) is 0 Å². The summed E-state index contributed by atoms with van der Waals surface area (Å²) in [6.45, 7) is 14.2. The van der Waals surface area contributed by atoms with Crippen LogP contribution in [-0.2, 0) is 0 Å². The van der Waals surface area contributed by atoms with Crippen molar-refractivity contribution in [3.05, 3.63) is 6.92 Å². The summed E-state index contributed by atoms with van der Waals surface area (Å²) in [6, 6.07) is 0. The van der Waals surface area contributed by atoms with Crippen LogP contribution in [0.3, 0.4) is 0 Å². The largest absolute Gasteiger partial charge is 0.0628 e. The molecule has 8 heavy (non-hydrogen) atoms. The Hall–Kier alpha value is 0. The van der Waals surface area contributed by atoms with Crippen LogP contribution in [0.2, 0.25) is 0 Å². The first kappa shape index (κ1) is 8.00. The van der Waals surface area contributed by atoms with E-state index in [2.05, 4.69) is 27.7 Å². The van der Waals surface area contributed by atoms with Gasteiger partial charge < -0.3 is 0 Å². The van der Waals surface area contributed by atoms with Crippen molar-refractivity contribution < 1.29 is 0 Å². The van der Waals surface area contributed by atoms with Crippen LogP contribution in [0.25, 0.3) is 0 Å². The van der Waals surface area contributed by atoms with Crippen molar-refractivity contribution in [2.45, 2.75) is 34.1 Å². The smallest absolute Gasteiger partial charge is 0.0290 e. The minimum absolute atomic E-state index is 0.0220. The van der Waals surface area contributed by atoms with Crippen molar-refractivity contribution >= 4 is 0 Å². The van der Waals surface area contributed by atoms with Gasteiger partial charge in [0, 0.05) is 0 Å². The minimum atomic E-state index is 0.0220. The van der Waals surface area contributed by atoms with Crippen LogP contribution in [0.4, 0.5) is 0 Å². The topological polar surface area (TPSA) is 0 Å². The van der Waals surface area contributed by atoms with Gasteiger partial charge in [-0.15, -0.1) is 0 Å².